The molecule has 0 aromatic heterocycles. The van der Waals surface area contributed by atoms with Crippen LogP contribution in [0.4, 0.5) is 8.78 Å². The number of rotatable bonds is 2. The number of nitrogens with one attached hydrogen (secondary N) is 1. The lowest BCUT2D eigenvalue weighted by Crippen LogP contribution is -2.36. The average molecular weight is 268 g/mol. The van der Waals surface area contributed by atoms with Crippen LogP contribution in [0.3, 0.4) is 0 Å². The maximum Gasteiger partial charge on any atom is 0.357 e. The van der Waals surface area contributed by atoms with Gasteiger partial charge in [0.15, 0.2) is 0 Å². The standard InChI is InChI=1S/C13H14F2N2O2/c14-13(15)8-17(11-7-16-6-10(11)13)19-12(18)9-4-2-1-3-5-9/h1-5,10-11,16H,6-8H2/t10-,11+/m1/s1. The highest BCUT2D eigenvalue weighted by molar-refractivity contribution is 5.89. The van der Waals surface area contributed by atoms with Gasteiger partial charge in [-0.15, -0.1) is 5.06 Å². The molecule has 2 saturated heterocycles. The summed E-state index contributed by atoms with van der Waals surface area (Å²) >= 11 is 0. The van der Waals surface area contributed by atoms with Gasteiger partial charge < -0.3 is 10.2 Å². The first kappa shape index (κ1) is 12.5. The van der Waals surface area contributed by atoms with E-state index in [9.17, 15) is 13.6 Å². The zero-order valence-electron chi connectivity index (χ0n) is 10.2. The van der Waals surface area contributed by atoms with E-state index in [1.807, 2.05) is 0 Å². The lowest BCUT2D eigenvalue weighted by atomic mass is 10.0. The van der Waals surface area contributed by atoms with Crippen LogP contribution in [0.15, 0.2) is 30.3 Å². The third kappa shape index (κ3) is 2.21. The van der Waals surface area contributed by atoms with E-state index in [0.717, 1.165) is 5.06 Å². The van der Waals surface area contributed by atoms with Gasteiger partial charge in [0, 0.05) is 13.1 Å². The van der Waals surface area contributed by atoms with Crippen LogP contribution in [0.5, 0.6) is 0 Å². The molecule has 0 radical (unpaired) electrons. The fourth-order valence-corrected chi connectivity index (χ4v) is 2.67. The molecule has 2 fully saturated rings. The van der Waals surface area contributed by atoms with Crippen LogP contribution in [0.25, 0.3) is 0 Å². The highest BCUT2D eigenvalue weighted by atomic mass is 19.3. The molecule has 1 aromatic rings. The van der Waals surface area contributed by atoms with Crippen LogP contribution < -0.4 is 5.32 Å². The van der Waals surface area contributed by atoms with Gasteiger partial charge in [0.25, 0.3) is 5.92 Å². The van der Waals surface area contributed by atoms with Crippen LogP contribution in [0, 0.1) is 5.92 Å². The van der Waals surface area contributed by atoms with Gasteiger partial charge in [-0.3, -0.25) is 0 Å². The summed E-state index contributed by atoms with van der Waals surface area (Å²) in [5.74, 6) is -4.19. The molecule has 6 heteroatoms. The van der Waals surface area contributed by atoms with Crippen molar-refractivity contribution >= 4 is 5.97 Å². The number of carbonyl (C=O) groups excluding carboxylic acids is 1. The molecule has 2 aliphatic heterocycles. The minimum Gasteiger partial charge on any atom is -0.363 e. The molecule has 4 nitrogen and oxygen atoms in total. The molecule has 0 spiro atoms. The highest BCUT2D eigenvalue weighted by Crippen LogP contribution is 2.39. The molecule has 102 valence electrons. The molecule has 0 unspecified atom stereocenters. The SMILES string of the molecule is O=C(ON1CC(F)(F)[C@@H]2CNC[C@@H]21)c1ccccc1. The van der Waals surface area contributed by atoms with Crippen molar-refractivity contribution in [2.45, 2.75) is 12.0 Å². The van der Waals surface area contributed by atoms with Crippen LogP contribution >= 0.6 is 0 Å². The van der Waals surface area contributed by atoms with Gasteiger partial charge in [-0.05, 0) is 12.1 Å². The van der Waals surface area contributed by atoms with E-state index in [0.29, 0.717) is 12.1 Å². The van der Waals surface area contributed by atoms with Gasteiger partial charge in [-0.2, -0.15) is 0 Å². The zero-order chi connectivity index (χ0) is 13.5. The predicted molar refractivity (Wildman–Crippen MR) is 63.7 cm³/mol. The lowest BCUT2D eigenvalue weighted by molar-refractivity contribution is -0.131. The van der Waals surface area contributed by atoms with E-state index in [2.05, 4.69) is 5.32 Å². The topological polar surface area (TPSA) is 41.6 Å². The predicted octanol–water partition coefficient (Wildman–Crippen LogP) is 1.30. The Hall–Kier alpha value is -1.53. The first-order valence-corrected chi connectivity index (χ1v) is 6.20. The fourth-order valence-electron chi connectivity index (χ4n) is 2.67. The summed E-state index contributed by atoms with van der Waals surface area (Å²) in [5.41, 5.74) is 0.361. The summed E-state index contributed by atoms with van der Waals surface area (Å²) in [4.78, 5) is 17.0. The number of alkyl halides is 2. The van der Waals surface area contributed by atoms with E-state index in [4.69, 9.17) is 4.84 Å². The Morgan fingerprint density at radius 2 is 2.05 bits per heavy atom. The summed E-state index contributed by atoms with van der Waals surface area (Å²) in [7, 11) is 0. The highest BCUT2D eigenvalue weighted by Gasteiger charge is 2.57. The van der Waals surface area contributed by atoms with Gasteiger partial charge in [0.2, 0.25) is 0 Å². The summed E-state index contributed by atoms with van der Waals surface area (Å²) in [6.07, 6.45) is 0. The van der Waals surface area contributed by atoms with Crippen molar-refractivity contribution in [3.05, 3.63) is 35.9 Å². The van der Waals surface area contributed by atoms with Crippen molar-refractivity contribution in [2.75, 3.05) is 19.6 Å². The molecule has 0 bridgehead atoms. The maximum absolute atomic E-state index is 13.7. The van der Waals surface area contributed by atoms with Gasteiger partial charge >= 0.3 is 5.97 Å². The van der Waals surface area contributed by atoms with Crippen LogP contribution in [-0.2, 0) is 4.84 Å². The Bertz CT molecular complexity index is 481. The van der Waals surface area contributed by atoms with Gasteiger partial charge in [0.1, 0.15) is 0 Å². The Morgan fingerprint density at radius 3 is 2.79 bits per heavy atom. The van der Waals surface area contributed by atoms with Crippen molar-refractivity contribution in [1.29, 1.82) is 0 Å². The fraction of sp³-hybridized carbons (Fsp3) is 0.462. The third-order valence-corrected chi connectivity index (χ3v) is 3.67. The van der Waals surface area contributed by atoms with E-state index in [1.165, 1.54) is 0 Å². The normalized spacial score (nSPS) is 29.2. The number of fused-ring (bicyclic) bond motifs is 1. The molecule has 2 aliphatic rings. The number of nitrogens with zero attached hydrogens (tertiary/aromatic N) is 1. The first-order chi connectivity index (χ1) is 9.08. The lowest BCUT2D eigenvalue weighted by Gasteiger charge is -2.20. The molecular weight excluding hydrogens is 254 g/mol. The molecule has 3 rings (SSSR count). The van der Waals surface area contributed by atoms with E-state index >= 15 is 0 Å². The Morgan fingerprint density at radius 1 is 1.32 bits per heavy atom. The zero-order valence-corrected chi connectivity index (χ0v) is 10.2. The van der Waals surface area contributed by atoms with E-state index in [1.54, 1.807) is 30.3 Å². The minimum atomic E-state index is -2.81. The second-order valence-corrected chi connectivity index (χ2v) is 4.91. The van der Waals surface area contributed by atoms with Crippen molar-refractivity contribution in [1.82, 2.24) is 10.4 Å². The van der Waals surface area contributed by atoms with Gasteiger partial charge in [-0.1, -0.05) is 18.2 Å². The molecular formula is C13H14F2N2O2. The van der Waals surface area contributed by atoms with Crippen molar-refractivity contribution < 1.29 is 18.4 Å². The quantitative estimate of drug-likeness (QED) is 0.877. The van der Waals surface area contributed by atoms with E-state index < -0.39 is 30.4 Å². The van der Waals surface area contributed by atoms with Crippen molar-refractivity contribution in [2.24, 2.45) is 5.92 Å². The molecule has 2 heterocycles. The van der Waals surface area contributed by atoms with E-state index in [-0.39, 0.29) is 6.54 Å². The average Bonchev–Trinajstić information content (AvgIpc) is 2.95. The Labute approximate surface area is 109 Å². The van der Waals surface area contributed by atoms with Crippen molar-refractivity contribution in [3.63, 3.8) is 0 Å². The molecule has 0 amide bonds. The number of hydrogen-bond acceptors (Lipinski definition) is 4. The smallest absolute Gasteiger partial charge is 0.357 e. The molecule has 0 saturated carbocycles. The van der Waals surface area contributed by atoms with Gasteiger partial charge in [-0.25, -0.2) is 13.6 Å². The number of hydrogen-bond donors (Lipinski definition) is 1. The summed E-state index contributed by atoms with van der Waals surface area (Å²) in [6.45, 7) is 0.155. The van der Waals surface area contributed by atoms with Crippen LogP contribution in [0.1, 0.15) is 10.4 Å². The number of hydroxylamine groups is 2. The molecule has 0 aliphatic carbocycles. The maximum atomic E-state index is 13.7. The Kier molecular flexibility index (Phi) is 2.99. The van der Waals surface area contributed by atoms with Crippen LogP contribution in [-0.4, -0.2) is 42.6 Å². The minimum absolute atomic E-state index is 0.261. The third-order valence-electron chi connectivity index (χ3n) is 3.67. The molecule has 19 heavy (non-hydrogen) atoms. The summed E-state index contributed by atoms with van der Waals surface area (Å²) < 4.78 is 27.5. The summed E-state index contributed by atoms with van der Waals surface area (Å²) in [5, 5.41) is 4.03. The number of benzene rings is 1. The largest absolute Gasteiger partial charge is 0.363 e. The molecule has 1 aromatic carbocycles. The Balaban J connectivity index is 1.72. The molecule has 2 atom stereocenters. The number of halogens is 2. The monoisotopic (exact) mass is 268 g/mol. The van der Waals surface area contributed by atoms with Gasteiger partial charge in [0.05, 0.1) is 24.1 Å². The van der Waals surface area contributed by atoms with Crippen molar-refractivity contribution in [3.8, 4) is 0 Å². The molecule has 1 N–H and O–H groups in total. The second kappa shape index (κ2) is 4.54. The second-order valence-electron chi connectivity index (χ2n) is 4.91. The number of carbonyl (C=O) groups is 1. The van der Waals surface area contributed by atoms with Crippen LogP contribution in [0.2, 0.25) is 0 Å². The first-order valence-electron chi connectivity index (χ1n) is 6.20. The summed E-state index contributed by atoms with van der Waals surface area (Å²) in [6, 6.07) is 7.94.